The molecule has 1 aliphatic heterocycles. The van der Waals surface area contributed by atoms with Gasteiger partial charge in [0.1, 0.15) is 5.57 Å². The zero-order chi connectivity index (χ0) is 26.1. The Balaban J connectivity index is 4.19. The Morgan fingerprint density at radius 1 is 0.688 bits per heavy atom. The van der Waals surface area contributed by atoms with E-state index in [0.717, 1.165) is 0 Å². The lowest BCUT2D eigenvalue weighted by Gasteiger charge is -2.38. The van der Waals surface area contributed by atoms with Gasteiger partial charge in [-0.3, -0.25) is 9.59 Å². The van der Waals surface area contributed by atoms with Crippen LogP contribution in [0.25, 0.3) is 0 Å². The maximum absolute atomic E-state index is 13.3. The van der Waals surface area contributed by atoms with E-state index >= 15 is 0 Å². The molecule has 1 heterocycles. The van der Waals surface area contributed by atoms with Crippen molar-refractivity contribution in [2.45, 2.75) is 36.6 Å². The lowest BCUT2D eigenvalue weighted by molar-refractivity contribution is -0.289. The van der Waals surface area contributed by atoms with Crippen molar-refractivity contribution in [3.8, 4) is 0 Å². The van der Waals surface area contributed by atoms with Crippen molar-refractivity contribution in [2.24, 2.45) is 5.41 Å². The smallest absolute Gasteiger partial charge is 0.422 e. The third kappa shape index (κ3) is 3.65. The number of rotatable bonds is 3. The van der Waals surface area contributed by atoms with E-state index in [0.29, 0.717) is 0 Å². The molecular formula is C12F16O4. The number of halogens is 16. The van der Waals surface area contributed by atoms with Gasteiger partial charge in [0.25, 0.3) is 5.41 Å². The monoisotopic (exact) mass is 512 g/mol. The Morgan fingerprint density at radius 3 is 1.38 bits per heavy atom. The molecule has 1 rings (SSSR count). The molecule has 0 saturated heterocycles. The molecule has 0 bridgehead atoms. The molecular weight excluding hydrogens is 512 g/mol. The first-order valence-corrected chi connectivity index (χ1v) is 6.79. The average molecular weight is 512 g/mol. The van der Waals surface area contributed by atoms with Crippen LogP contribution in [0.5, 0.6) is 0 Å². The number of carbonyl (C=O) groups is 3. The summed E-state index contributed by atoms with van der Waals surface area (Å²) < 4.78 is 208. The Labute approximate surface area is 161 Å². The fourth-order valence-corrected chi connectivity index (χ4v) is 2.14. The van der Waals surface area contributed by atoms with Gasteiger partial charge in [0.15, 0.2) is 0 Å². The molecule has 0 aliphatic carbocycles. The molecule has 1 unspecified atom stereocenters. The van der Waals surface area contributed by atoms with Crippen LogP contribution in [0.4, 0.5) is 70.2 Å². The van der Waals surface area contributed by atoms with Crippen LogP contribution in [-0.2, 0) is 19.1 Å². The number of carbonyl (C=O) groups excluding carboxylic acids is 3. The summed E-state index contributed by atoms with van der Waals surface area (Å²) in [6, 6.07) is 0. The van der Waals surface area contributed by atoms with E-state index in [1.165, 1.54) is 0 Å². The van der Waals surface area contributed by atoms with Crippen molar-refractivity contribution in [3.63, 3.8) is 0 Å². The number of hydrogen-bond acceptors (Lipinski definition) is 4. The quantitative estimate of drug-likeness (QED) is 0.319. The van der Waals surface area contributed by atoms with E-state index in [4.69, 9.17) is 0 Å². The highest BCUT2D eigenvalue weighted by Gasteiger charge is 2.84. The van der Waals surface area contributed by atoms with E-state index in [1.54, 1.807) is 0 Å². The summed E-state index contributed by atoms with van der Waals surface area (Å²) in [5, 5.41) is 0. The lowest BCUT2D eigenvalue weighted by Crippen LogP contribution is -2.67. The van der Waals surface area contributed by atoms with E-state index in [2.05, 4.69) is 4.74 Å². The SMILES string of the molecule is O=C1OC(C(F)(F)C(F)(F)F)=C(C(F)(F)F)C(=O)C1(C(=O)C(F)(F)C(F)(F)F)C(F)(F)F. The largest absolute Gasteiger partial charge is 0.461 e. The van der Waals surface area contributed by atoms with Gasteiger partial charge in [0.05, 0.1) is 0 Å². The molecule has 1 atom stereocenters. The van der Waals surface area contributed by atoms with Gasteiger partial charge >= 0.3 is 42.5 Å². The third-order valence-corrected chi connectivity index (χ3v) is 3.63. The lowest BCUT2D eigenvalue weighted by atomic mass is 9.71. The topological polar surface area (TPSA) is 60.4 Å². The van der Waals surface area contributed by atoms with Gasteiger partial charge in [-0.1, -0.05) is 0 Å². The number of esters is 1. The van der Waals surface area contributed by atoms with Crippen LogP contribution in [0.3, 0.4) is 0 Å². The first-order valence-electron chi connectivity index (χ1n) is 6.79. The number of Topliss-reactive ketones (excluding diaryl/α,β-unsaturated/α-hetero) is 2. The van der Waals surface area contributed by atoms with Crippen LogP contribution in [0.15, 0.2) is 11.3 Å². The summed E-state index contributed by atoms with van der Waals surface area (Å²) in [5.74, 6) is -32.7. The summed E-state index contributed by atoms with van der Waals surface area (Å²) in [7, 11) is 0. The minimum Gasteiger partial charge on any atom is -0.422 e. The summed E-state index contributed by atoms with van der Waals surface area (Å²) in [6.45, 7) is 0. The first kappa shape index (κ1) is 27.5. The maximum Gasteiger partial charge on any atom is 0.461 e. The van der Waals surface area contributed by atoms with E-state index in [-0.39, 0.29) is 0 Å². The van der Waals surface area contributed by atoms with Crippen LogP contribution < -0.4 is 0 Å². The molecule has 0 amide bonds. The molecule has 0 fully saturated rings. The zero-order valence-corrected chi connectivity index (χ0v) is 13.7. The molecule has 0 aromatic rings. The van der Waals surface area contributed by atoms with Crippen molar-refractivity contribution < 1.29 is 89.4 Å². The molecule has 184 valence electrons. The number of ether oxygens (including phenoxy) is 1. The zero-order valence-electron chi connectivity index (χ0n) is 13.7. The molecule has 4 nitrogen and oxygen atoms in total. The number of allylic oxidation sites excluding steroid dienone is 2. The number of ketones is 2. The van der Waals surface area contributed by atoms with Gasteiger partial charge in [0.2, 0.25) is 17.3 Å². The Morgan fingerprint density at radius 2 is 1.09 bits per heavy atom. The summed E-state index contributed by atoms with van der Waals surface area (Å²) >= 11 is 0. The molecule has 0 aromatic heterocycles. The summed E-state index contributed by atoms with van der Waals surface area (Å²) in [4.78, 5) is 34.6. The summed E-state index contributed by atoms with van der Waals surface area (Å²) in [6.07, 6.45) is -29.2. The number of alkyl halides is 16. The average Bonchev–Trinajstić information content (AvgIpc) is 2.49. The molecule has 0 N–H and O–H groups in total. The molecule has 20 heteroatoms. The van der Waals surface area contributed by atoms with Crippen LogP contribution in [0, 0.1) is 5.41 Å². The molecule has 0 aromatic carbocycles. The van der Waals surface area contributed by atoms with Gasteiger partial charge in [-0.15, -0.1) is 0 Å². The minimum atomic E-state index is -7.47. The second kappa shape index (κ2) is 6.96. The Kier molecular flexibility index (Phi) is 5.98. The molecule has 32 heavy (non-hydrogen) atoms. The van der Waals surface area contributed by atoms with Gasteiger partial charge in [-0.2, -0.15) is 70.2 Å². The number of hydrogen-bond donors (Lipinski definition) is 0. The van der Waals surface area contributed by atoms with Crippen LogP contribution in [0.2, 0.25) is 0 Å². The second-order valence-electron chi connectivity index (χ2n) is 5.64. The van der Waals surface area contributed by atoms with Crippen LogP contribution >= 0.6 is 0 Å². The van der Waals surface area contributed by atoms with Gasteiger partial charge < -0.3 is 4.74 Å². The highest BCUT2D eigenvalue weighted by molar-refractivity contribution is 6.31. The fourth-order valence-electron chi connectivity index (χ4n) is 2.14. The van der Waals surface area contributed by atoms with Gasteiger partial charge in [0, 0.05) is 0 Å². The summed E-state index contributed by atoms with van der Waals surface area (Å²) in [5.41, 5.74) is -11.2. The first-order chi connectivity index (χ1) is 13.7. The van der Waals surface area contributed by atoms with Crippen molar-refractivity contribution in [1.82, 2.24) is 0 Å². The normalized spacial score (nSPS) is 22.2. The van der Waals surface area contributed by atoms with Crippen LogP contribution in [0.1, 0.15) is 0 Å². The maximum atomic E-state index is 13.3. The second-order valence-corrected chi connectivity index (χ2v) is 5.64. The highest BCUT2D eigenvalue weighted by atomic mass is 19.4. The van der Waals surface area contributed by atoms with Crippen LogP contribution in [-0.4, -0.2) is 54.1 Å². The van der Waals surface area contributed by atoms with E-state index < -0.39 is 70.8 Å². The van der Waals surface area contributed by atoms with E-state index in [9.17, 15) is 84.6 Å². The van der Waals surface area contributed by atoms with Gasteiger partial charge in [-0.25, -0.2) is 4.79 Å². The molecule has 0 radical (unpaired) electrons. The molecule has 0 spiro atoms. The molecule has 0 saturated carbocycles. The standard InChI is InChI=1S/C12F16O4/c13-7(14,11(23,24)25)3-1(9(17,18)19)2(29)6(5(31)32-3,10(20,21)22)4(30)8(15,16)12(26,27)28. The Bertz CT molecular complexity index is 867. The van der Waals surface area contributed by atoms with Crippen molar-refractivity contribution >= 4 is 17.5 Å². The fraction of sp³-hybridized carbons (Fsp3) is 0.583. The van der Waals surface area contributed by atoms with Gasteiger partial charge in [-0.05, 0) is 0 Å². The molecule has 1 aliphatic rings. The number of cyclic esters (lactones) is 1. The minimum absolute atomic E-state index is 2.55. The predicted molar refractivity (Wildman–Crippen MR) is 59.7 cm³/mol. The highest BCUT2D eigenvalue weighted by Crippen LogP contribution is 2.56. The van der Waals surface area contributed by atoms with Crippen molar-refractivity contribution in [3.05, 3.63) is 11.3 Å². The third-order valence-electron chi connectivity index (χ3n) is 3.63. The van der Waals surface area contributed by atoms with Crippen molar-refractivity contribution in [1.29, 1.82) is 0 Å². The predicted octanol–water partition coefficient (Wildman–Crippen LogP) is 4.44. The van der Waals surface area contributed by atoms with Crippen molar-refractivity contribution in [2.75, 3.05) is 0 Å². The van der Waals surface area contributed by atoms with E-state index in [1.807, 2.05) is 0 Å². The Hall–Kier alpha value is -2.57.